The summed E-state index contributed by atoms with van der Waals surface area (Å²) in [5, 5.41) is 13.0. The number of amides is 1. The largest absolute Gasteiger partial charge is 0.393 e. The molecule has 2 aromatic heterocycles. The standard InChI is InChI=1S/C14H16ClN3O2/c15-12-8-18-11(5-2-6-13(18)17-12)14(20)16-9-3-1-4-10(19)7-9/h2,5-6,8-10,19H,1,3-4,7H2,(H,16,20). The summed E-state index contributed by atoms with van der Waals surface area (Å²) < 4.78 is 1.68. The first-order valence-electron chi connectivity index (χ1n) is 6.76. The van der Waals surface area contributed by atoms with Crippen LogP contribution in [-0.4, -0.2) is 32.5 Å². The van der Waals surface area contributed by atoms with Gasteiger partial charge in [0.2, 0.25) is 0 Å². The van der Waals surface area contributed by atoms with Gasteiger partial charge in [-0.25, -0.2) is 4.98 Å². The maximum absolute atomic E-state index is 12.4. The molecule has 6 heteroatoms. The van der Waals surface area contributed by atoms with Crippen LogP contribution < -0.4 is 5.32 Å². The molecule has 1 amide bonds. The lowest BCUT2D eigenvalue weighted by molar-refractivity contribution is 0.0844. The van der Waals surface area contributed by atoms with E-state index in [9.17, 15) is 9.90 Å². The number of nitrogens with one attached hydrogen (secondary N) is 1. The molecule has 1 fully saturated rings. The van der Waals surface area contributed by atoms with Crippen LogP contribution in [0, 0.1) is 0 Å². The number of aliphatic hydroxyl groups excluding tert-OH is 1. The molecule has 2 unspecified atom stereocenters. The Bertz CT molecular complexity index is 640. The molecular weight excluding hydrogens is 278 g/mol. The number of halogens is 1. The number of hydrogen-bond donors (Lipinski definition) is 2. The topological polar surface area (TPSA) is 66.6 Å². The fourth-order valence-corrected chi connectivity index (χ4v) is 2.90. The predicted molar refractivity (Wildman–Crippen MR) is 75.9 cm³/mol. The van der Waals surface area contributed by atoms with Gasteiger partial charge in [-0.05, 0) is 37.8 Å². The molecule has 0 saturated heterocycles. The third-order valence-electron chi connectivity index (χ3n) is 3.68. The molecule has 2 aromatic rings. The summed E-state index contributed by atoms with van der Waals surface area (Å²) in [6.45, 7) is 0. The monoisotopic (exact) mass is 293 g/mol. The molecule has 1 aliphatic rings. The highest BCUT2D eigenvalue weighted by Gasteiger charge is 2.22. The molecule has 1 saturated carbocycles. The molecular formula is C14H16ClN3O2. The van der Waals surface area contributed by atoms with Gasteiger partial charge in [-0.1, -0.05) is 17.7 Å². The van der Waals surface area contributed by atoms with Gasteiger partial charge in [-0.2, -0.15) is 0 Å². The van der Waals surface area contributed by atoms with E-state index in [2.05, 4.69) is 10.3 Å². The summed E-state index contributed by atoms with van der Waals surface area (Å²) >= 11 is 5.87. The Kier molecular flexibility index (Phi) is 3.63. The number of fused-ring (bicyclic) bond motifs is 1. The van der Waals surface area contributed by atoms with Crippen LogP contribution >= 0.6 is 11.6 Å². The molecule has 106 valence electrons. The SMILES string of the molecule is O=C(NC1CCCC(O)C1)c1cccc2nc(Cl)cn12. The summed E-state index contributed by atoms with van der Waals surface area (Å²) in [5.74, 6) is -0.163. The van der Waals surface area contributed by atoms with E-state index in [-0.39, 0.29) is 18.1 Å². The van der Waals surface area contributed by atoms with Crippen molar-refractivity contribution in [2.24, 2.45) is 0 Å². The van der Waals surface area contributed by atoms with Crippen molar-refractivity contribution in [3.05, 3.63) is 35.2 Å². The highest BCUT2D eigenvalue weighted by atomic mass is 35.5. The van der Waals surface area contributed by atoms with Gasteiger partial charge in [0.15, 0.2) is 0 Å². The Hall–Kier alpha value is -1.59. The summed E-state index contributed by atoms with van der Waals surface area (Å²) in [6, 6.07) is 5.34. The van der Waals surface area contributed by atoms with Crippen LogP contribution in [0.1, 0.15) is 36.2 Å². The lowest BCUT2D eigenvalue weighted by atomic mass is 9.93. The lowest BCUT2D eigenvalue weighted by Crippen LogP contribution is -2.40. The minimum absolute atomic E-state index is 0.0282. The van der Waals surface area contributed by atoms with Gasteiger partial charge >= 0.3 is 0 Å². The van der Waals surface area contributed by atoms with Crippen LogP contribution in [0.25, 0.3) is 5.65 Å². The van der Waals surface area contributed by atoms with E-state index in [4.69, 9.17) is 11.6 Å². The van der Waals surface area contributed by atoms with Crippen molar-refractivity contribution in [3.63, 3.8) is 0 Å². The second-order valence-electron chi connectivity index (χ2n) is 5.19. The Morgan fingerprint density at radius 2 is 2.30 bits per heavy atom. The first kappa shape index (κ1) is 13.4. The van der Waals surface area contributed by atoms with Gasteiger partial charge in [0, 0.05) is 12.2 Å². The fourth-order valence-electron chi connectivity index (χ4n) is 2.72. The number of rotatable bonds is 2. The minimum Gasteiger partial charge on any atom is -0.393 e. The van der Waals surface area contributed by atoms with E-state index in [1.54, 1.807) is 28.8 Å². The number of aliphatic hydroxyl groups is 1. The summed E-state index contributed by atoms with van der Waals surface area (Å²) in [5.41, 5.74) is 1.15. The van der Waals surface area contributed by atoms with Crippen LogP contribution in [0.4, 0.5) is 0 Å². The predicted octanol–water partition coefficient (Wildman–Crippen LogP) is 2.02. The zero-order valence-corrected chi connectivity index (χ0v) is 11.7. The maximum atomic E-state index is 12.4. The first-order valence-corrected chi connectivity index (χ1v) is 7.14. The number of pyridine rings is 1. The molecule has 3 rings (SSSR count). The third kappa shape index (κ3) is 2.64. The van der Waals surface area contributed by atoms with Crippen molar-refractivity contribution in [3.8, 4) is 0 Å². The number of carbonyl (C=O) groups is 1. The van der Waals surface area contributed by atoms with Crippen molar-refractivity contribution in [2.75, 3.05) is 0 Å². The fraction of sp³-hybridized carbons (Fsp3) is 0.429. The van der Waals surface area contributed by atoms with E-state index in [0.717, 1.165) is 19.3 Å². The number of aromatic nitrogens is 2. The van der Waals surface area contributed by atoms with E-state index in [1.807, 2.05) is 0 Å². The molecule has 0 spiro atoms. The molecule has 2 heterocycles. The van der Waals surface area contributed by atoms with E-state index < -0.39 is 0 Å². The van der Waals surface area contributed by atoms with Crippen LogP contribution in [0.15, 0.2) is 24.4 Å². The third-order valence-corrected chi connectivity index (χ3v) is 3.86. The molecule has 1 aliphatic carbocycles. The smallest absolute Gasteiger partial charge is 0.268 e. The van der Waals surface area contributed by atoms with Crippen molar-refractivity contribution >= 4 is 23.2 Å². The quantitative estimate of drug-likeness (QED) is 0.890. The highest BCUT2D eigenvalue weighted by Crippen LogP contribution is 2.19. The molecule has 0 radical (unpaired) electrons. The molecule has 0 aromatic carbocycles. The average Bonchev–Trinajstić information content (AvgIpc) is 2.78. The first-order chi connectivity index (χ1) is 9.63. The van der Waals surface area contributed by atoms with Crippen LogP contribution in [0.2, 0.25) is 5.15 Å². The van der Waals surface area contributed by atoms with Gasteiger partial charge in [-0.15, -0.1) is 0 Å². The maximum Gasteiger partial charge on any atom is 0.268 e. The van der Waals surface area contributed by atoms with Gasteiger partial charge < -0.3 is 10.4 Å². The van der Waals surface area contributed by atoms with Crippen molar-refractivity contribution in [1.82, 2.24) is 14.7 Å². The zero-order valence-electron chi connectivity index (χ0n) is 10.9. The van der Waals surface area contributed by atoms with Gasteiger partial charge in [0.05, 0.1) is 6.10 Å². The minimum atomic E-state index is -0.312. The van der Waals surface area contributed by atoms with E-state index in [1.165, 1.54) is 0 Å². The number of hydrogen-bond acceptors (Lipinski definition) is 3. The number of nitrogens with zero attached hydrogens (tertiary/aromatic N) is 2. The number of imidazole rings is 1. The van der Waals surface area contributed by atoms with Crippen LogP contribution in [-0.2, 0) is 0 Å². The average molecular weight is 294 g/mol. The second kappa shape index (κ2) is 5.42. The number of carbonyl (C=O) groups excluding carboxylic acids is 1. The van der Waals surface area contributed by atoms with Crippen molar-refractivity contribution < 1.29 is 9.90 Å². The van der Waals surface area contributed by atoms with Crippen molar-refractivity contribution in [2.45, 2.75) is 37.8 Å². The highest BCUT2D eigenvalue weighted by molar-refractivity contribution is 6.29. The molecule has 5 nitrogen and oxygen atoms in total. The Labute approximate surface area is 121 Å². The molecule has 0 bridgehead atoms. The Morgan fingerprint density at radius 1 is 1.45 bits per heavy atom. The molecule has 0 aliphatic heterocycles. The van der Waals surface area contributed by atoms with Crippen LogP contribution in [0.3, 0.4) is 0 Å². The summed E-state index contributed by atoms with van der Waals surface area (Å²) in [6.07, 6.45) is 4.59. The summed E-state index contributed by atoms with van der Waals surface area (Å²) in [4.78, 5) is 16.5. The normalized spacial score (nSPS) is 22.9. The Morgan fingerprint density at radius 3 is 3.10 bits per heavy atom. The van der Waals surface area contributed by atoms with Gasteiger partial charge in [0.1, 0.15) is 16.5 Å². The van der Waals surface area contributed by atoms with E-state index >= 15 is 0 Å². The van der Waals surface area contributed by atoms with Gasteiger partial charge in [-0.3, -0.25) is 9.20 Å². The van der Waals surface area contributed by atoms with Gasteiger partial charge in [0.25, 0.3) is 5.91 Å². The second-order valence-corrected chi connectivity index (χ2v) is 5.58. The zero-order chi connectivity index (χ0) is 14.1. The molecule has 2 atom stereocenters. The van der Waals surface area contributed by atoms with Crippen LogP contribution in [0.5, 0.6) is 0 Å². The lowest BCUT2D eigenvalue weighted by Gasteiger charge is -2.26. The Balaban J connectivity index is 1.81. The van der Waals surface area contributed by atoms with Crippen molar-refractivity contribution in [1.29, 1.82) is 0 Å². The molecule has 20 heavy (non-hydrogen) atoms. The van der Waals surface area contributed by atoms with E-state index in [0.29, 0.717) is 22.9 Å². The molecule has 2 N–H and O–H groups in total. The summed E-state index contributed by atoms with van der Waals surface area (Å²) in [7, 11) is 0.